The number of carbonyl (C=O) groups excluding carboxylic acids is 1. The number of sulfone groups is 1. The number of carbonyl (C=O) groups is 1. The summed E-state index contributed by atoms with van der Waals surface area (Å²) in [4.78, 5) is 13.1. The Hall–Kier alpha value is -2.78. The minimum Gasteiger partial charge on any atom is -0.434 e. The molecule has 0 radical (unpaired) electrons. The Morgan fingerprint density at radius 3 is 2.55 bits per heavy atom. The number of nitrogens with one attached hydrogen (secondary N) is 1. The highest BCUT2D eigenvalue weighted by molar-refractivity contribution is 7.91. The third kappa shape index (κ3) is 7.49. The van der Waals surface area contributed by atoms with Gasteiger partial charge >= 0.3 is 12.8 Å². The molecule has 3 N–H and O–H groups in total. The molecule has 0 saturated heterocycles. The summed E-state index contributed by atoms with van der Waals surface area (Å²) in [6.07, 6.45) is -6.54. The van der Waals surface area contributed by atoms with Gasteiger partial charge < -0.3 is 20.3 Å². The van der Waals surface area contributed by atoms with Crippen LogP contribution in [0.25, 0.3) is 11.3 Å². The van der Waals surface area contributed by atoms with Crippen molar-refractivity contribution < 1.29 is 50.1 Å². The molecule has 1 aliphatic rings. The first kappa shape index (κ1) is 31.7. The smallest absolute Gasteiger partial charge is 0.389 e. The number of aryl methyl sites for hydroxylation is 2. The lowest BCUT2D eigenvalue weighted by Gasteiger charge is -2.39. The van der Waals surface area contributed by atoms with E-state index in [4.69, 9.17) is 0 Å². The van der Waals surface area contributed by atoms with Gasteiger partial charge in [0.1, 0.15) is 21.2 Å². The molecular formula is C25H32F5N3O6S. The Balaban J connectivity index is 1.87. The van der Waals surface area contributed by atoms with E-state index in [0.29, 0.717) is 0 Å². The van der Waals surface area contributed by atoms with Crippen molar-refractivity contribution in [3.05, 3.63) is 35.0 Å². The van der Waals surface area contributed by atoms with Gasteiger partial charge in [-0.2, -0.15) is 27.1 Å². The van der Waals surface area contributed by atoms with Crippen LogP contribution in [0.5, 0.6) is 5.75 Å². The molecule has 1 fully saturated rings. The van der Waals surface area contributed by atoms with Crippen LogP contribution in [0.1, 0.15) is 54.2 Å². The number of hydrogen-bond acceptors (Lipinski definition) is 7. The molecule has 9 nitrogen and oxygen atoms in total. The van der Waals surface area contributed by atoms with Crippen molar-refractivity contribution in [2.45, 2.75) is 82.2 Å². The second-order valence-electron chi connectivity index (χ2n) is 9.99. The van der Waals surface area contributed by atoms with E-state index in [-0.39, 0.29) is 59.6 Å². The largest absolute Gasteiger partial charge is 0.434 e. The van der Waals surface area contributed by atoms with Gasteiger partial charge in [0.2, 0.25) is 0 Å². The average Bonchev–Trinajstić information content (AvgIpc) is 3.18. The maximum Gasteiger partial charge on any atom is 0.389 e. The summed E-state index contributed by atoms with van der Waals surface area (Å²) in [5, 5.41) is 27.2. The number of aliphatic hydroxyl groups excluding tert-OH is 1. The van der Waals surface area contributed by atoms with Gasteiger partial charge in [-0.1, -0.05) is 6.07 Å². The number of alkyl halides is 5. The van der Waals surface area contributed by atoms with Crippen molar-refractivity contribution in [2.24, 2.45) is 0 Å². The van der Waals surface area contributed by atoms with Crippen LogP contribution < -0.4 is 10.1 Å². The molecule has 1 aromatic carbocycles. The van der Waals surface area contributed by atoms with E-state index in [0.717, 1.165) is 12.3 Å². The Morgan fingerprint density at radius 1 is 1.32 bits per heavy atom. The number of aromatic nitrogens is 2. The molecule has 0 bridgehead atoms. The number of aliphatic hydroxyl groups is 2. The van der Waals surface area contributed by atoms with E-state index in [1.807, 2.05) is 0 Å². The fraction of sp³-hybridized carbons (Fsp3) is 0.600. The molecule has 1 saturated carbocycles. The molecule has 3 rings (SSSR count). The number of amides is 1. The number of nitrogens with zero attached hydrogens (tertiary/aromatic N) is 2. The van der Waals surface area contributed by atoms with Gasteiger partial charge in [0.25, 0.3) is 5.91 Å². The zero-order chi connectivity index (χ0) is 30.0. The molecule has 15 heteroatoms. The monoisotopic (exact) mass is 597 g/mol. The lowest BCUT2D eigenvalue weighted by molar-refractivity contribution is -0.134. The van der Waals surface area contributed by atoms with Gasteiger partial charge in [0.05, 0.1) is 17.0 Å². The van der Waals surface area contributed by atoms with Crippen LogP contribution in [0.2, 0.25) is 0 Å². The molecule has 3 unspecified atom stereocenters. The highest BCUT2D eigenvalue weighted by Crippen LogP contribution is 2.37. The van der Waals surface area contributed by atoms with Crippen molar-refractivity contribution in [1.82, 2.24) is 15.1 Å². The van der Waals surface area contributed by atoms with Crippen molar-refractivity contribution in [3.8, 4) is 17.0 Å². The van der Waals surface area contributed by atoms with E-state index in [2.05, 4.69) is 15.2 Å². The molecule has 0 spiro atoms. The predicted molar refractivity (Wildman–Crippen MR) is 135 cm³/mol. The Bertz CT molecular complexity index is 1330. The molecule has 0 aliphatic heterocycles. The maximum atomic E-state index is 13.2. The third-order valence-electron chi connectivity index (χ3n) is 7.08. The Morgan fingerprint density at radius 2 is 2.00 bits per heavy atom. The minimum absolute atomic E-state index is 0.0746. The normalized spacial score (nSPS) is 22.0. The second kappa shape index (κ2) is 12.0. The molecule has 1 aromatic heterocycles. The number of rotatable bonds is 10. The zero-order valence-corrected chi connectivity index (χ0v) is 23.0. The Kier molecular flexibility index (Phi) is 9.51. The van der Waals surface area contributed by atoms with Crippen LogP contribution >= 0.6 is 0 Å². The first-order valence-electron chi connectivity index (χ1n) is 12.5. The first-order chi connectivity index (χ1) is 18.4. The number of benzene rings is 1. The highest BCUT2D eigenvalue weighted by Gasteiger charge is 2.44. The number of halogens is 5. The molecule has 3 atom stereocenters. The van der Waals surface area contributed by atoms with Gasteiger partial charge in [-0.15, -0.1) is 0 Å². The summed E-state index contributed by atoms with van der Waals surface area (Å²) in [5.41, 5.74) is -1.16. The summed E-state index contributed by atoms with van der Waals surface area (Å²) in [7, 11) is -3.42. The molecule has 224 valence electrons. The van der Waals surface area contributed by atoms with Crippen molar-refractivity contribution in [2.75, 3.05) is 12.8 Å². The van der Waals surface area contributed by atoms with Crippen LogP contribution in [0.3, 0.4) is 0 Å². The first-order valence-corrected chi connectivity index (χ1v) is 14.5. The highest BCUT2D eigenvalue weighted by atomic mass is 32.2. The summed E-state index contributed by atoms with van der Waals surface area (Å²) in [6, 6.07) is 3.79. The molecule has 1 amide bonds. The van der Waals surface area contributed by atoms with Crippen molar-refractivity contribution in [3.63, 3.8) is 0 Å². The van der Waals surface area contributed by atoms with E-state index in [9.17, 15) is 45.4 Å². The molecular weight excluding hydrogens is 565 g/mol. The fourth-order valence-electron chi connectivity index (χ4n) is 4.81. The molecule has 2 aromatic rings. The van der Waals surface area contributed by atoms with Crippen LogP contribution in [0.4, 0.5) is 22.0 Å². The van der Waals surface area contributed by atoms with Gasteiger partial charge in [-0.25, -0.2) is 8.42 Å². The summed E-state index contributed by atoms with van der Waals surface area (Å²) < 4.78 is 94.0. The van der Waals surface area contributed by atoms with E-state index in [1.54, 1.807) is 6.92 Å². The molecule has 1 aliphatic carbocycles. The van der Waals surface area contributed by atoms with Crippen LogP contribution in [-0.2, 0) is 22.8 Å². The summed E-state index contributed by atoms with van der Waals surface area (Å²) in [6.45, 7) is -0.271. The molecule has 1 heterocycles. The standard InChI is InChI=1S/C25H32F5N3O6S/c1-4-33-21(17-6-5-15(7-10-25(28,29)30)11-18(17)39-23(26)27)14(2)20(32-33)22(35)31-13-24(36)9-8-16(12-19(24)34)40(3,37)38/h5-6,11,16,19,23,34,36H,4,7-10,12-13H2,1-3H3,(H,31,35). The number of hydrogen-bond donors (Lipinski definition) is 3. The number of ether oxygens (including phenoxy) is 1. The van der Waals surface area contributed by atoms with Crippen LogP contribution in [0.15, 0.2) is 18.2 Å². The van der Waals surface area contributed by atoms with Crippen LogP contribution in [0, 0.1) is 6.92 Å². The van der Waals surface area contributed by atoms with Crippen molar-refractivity contribution >= 4 is 15.7 Å². The van der Waals surface area contributed by atoms with Crippen LogP contribution in [-0.4, -0.2) is 76.9 Å². The fourth-order valence-corrected chi connectivity index (χ4v) is 5.89. The van der Waals surface area contributed by atoms with Gasteiger partial charge in [-0.3, -0.25) is 9.48 Å². The SMILES string of the molecule is CCn1nc(C(=O)NCC2(O)CCC(S(C)(=O)=O)CC2O)c(C)c1-c1ccc(CCC(F)(F)F)cc1OC(F)F. The second-order valence-corrected chi connectivity index (χ2v) is 12.3. The Labute approximate surface area is 228 Å². The predicted octanol–water partition coefficient (Wildman–Crippen LogP) is 3.39. The van der Waals surface area contributed by atoms with Gasteiger partial charge in [-0.05, 0) is 57.2 Å². The average molecular weight is 598 g/mol. The lowest BCUT2D eigenvalue weighted by Crippen LogP contribution is -2.56. The topological polar surface area (TPSA) is 131 Å². The van der Waals surface area contributed by atoms with E-state index >= 15 is 0 Å². The summed E-state index contributed by atoms with van der Waals surface area (Å²) >= 11 is 0. The van der Waals surface area contributed by atoms with E-state index < -0.39 is 64.9 Å². The third-order valence-corrected chi connectivity index (χ3v) is 8.72. The van der Waals surface area contributed by atoms with Crippen molar-refractivity contribution in [1.29, 1.82) is 0 Å². The summed E-state index contributed by atoms with van der Waals surface area (Å²) in [5.74, 6) is -1.12. The zero-order valence-electron chi connectivity index (χ0n) is 22.1. The maximum absolute atomic E-state index is 13.2. The molecule has 40 heavy (non-hydrogen) atoms. The van der Waals surface area contributed by atoms with Gasteiger partial charge in [0, 0.05) is 36.9 Å². The van der Waals surface area contributed by atoms with E-state index in [1.165, 1.54) is 23.7 Å². The lowest BCUT2D eigenvalue weighted by atomic mass is 9.82. The quantitative estimate of drug-likeness (QED) is 0.358. The minimum atomic E-state index is -4.43. The van der Waals surface area contributed by atoms with Gasteiger partial charge in [0.15, 0.2) is 5.69 Å².